The van der Waals surface area contributed by atoms with Crippen LogP contribution in [0.1, 0.15) is 10.4 Å². The molecule has 4 rings (SSSR count). The summed E-state index contributed by atoms with van der Waals surface area (Å²) in [6, 6.07) is 15.2. The lowest BCUT2D eigenvalue weighted by Crippen LogP contribution is -2.43. The highest BCUT2D eigenvalue weighted by Crippen LogP contribution is 2.32. The largest absolute Gasteiger partial charge is 0.497 e. The number of fused-ring (bicyclic) bond motifs is 1. The van der Waals surface area contributed by atoms with Crippen LogP contribution in [0.15, 0.2) is 48.5 Å². The van der Waals surface area contributed by atoms with Crippen LogP contribution in [0.4, 0.5) is 5.13 Å². The fraction of sp³-hybridized carbons (Fsp3) is 0.333. The molecular weight excluding hydrogens is 374 g/mol. The Labute approximate surface area is 168 Å². The summed E-state index contributed by atoms with van der Waals surface area (Å²) in [5.74, 6) is 0.735. The molecule has 146 valence electrons. The number of nitrogens with zero attached hydrogens (tertiary/aromatic N) is 3. The van der Waals surface area contributed by atoms with Gasteiger partial charge in [-0.1, -0.05) is 29.5 Å². The molecule has 1 saturated heterocycles. The van der Waals surface area contributed by atoms with Crippen molar-refractivity contribution in [1.29, 1.82) is 0 Å². The van der Waals surface area contributed by atoms with Crippen LogP contribution in [0.5, 0.6) is 5.75 Å². The van der Waals surface area contributed by atoms with E-state index < -0.39 is 0 Å². The molecule has 1 aliphatic rings. The van der Waals surface area contributed by atoms with E-state index in [2.05, 4.69) is 4.90 Å². The zero-order valence-corrected chi connectivity index (χ0v) is 16.7. The molecule has 6 nitrogen and oxygen atoms in total. The number of morpholine rings is 1. The molecule has 1 aliphatic heterocycles. The Morgan fingerprint density at radius 3 is 2.75 bits per heavy atom. The van der Waals surface area contributed by atoms with Gasteiger partial charge in [-0.2, -0.15) is 0 Å². The molecule has 3 aromatic rings. The van der Waals surface area contributed by atoms with Crippen molar-refractivity contribution in [3.63, 3.8) is 0 Å². The highest BCUT2D eigenvalue weighted by atomic mass is 32.1. The van der Waals surface area contributed by atoms with Gasteiger partial charge in [0, 0.05) is 37.8 Å². The maximum atomic E-state index is 13.2. The fourth-order valence-corrected chi connectivity index (χ4v) is 4.19. The summed E-state index contributed by atoms with van der Waals surface area (Å²) in [4.78, 5) is 22.1. The number of aromatic nitrogens is 1. The third-order valence-corrected chi connectivity index (χ3v) is 5.88. The number of thiazole rings is 1. The molecular formula is C21H23N3O3S. The van der Waals surface area contributed by atoms with Gasteiger partial charge in [-0.25, -0.2) is 4.98 Å². The van der Waals surface area contributed by atoms with Crippen LogP contribution in [0.3, 0.4) is 0 Å². The predicted octanol–water partition coefficient (Wildman–Crippen LogP) is 3.28. The summed E-state index contributed by atoms with van der Waals surface area (Å²) in [5.41, 5.74) is 1.51. The minimum atomic E-state index is -0.0279. The molecule has 0 bridgehead atoms. The van der Waals surface area contributed by atoms with E-state index in [-0.39, 0.29) is 5.91 Å². The second kappa shape index (κ2) is 8.68. The number of anilines is 1. The zero-order chi connectivity index (χ0) is 19.3. The Balaban J connectivity index is 1.62. The van der Waals surface area contributed by atoms with E-state index >= 15 is 0 Å². The van der Waals surface area contributed by atoms with Crippen molar-refractivity contribution in [3.05, 3.63) is 54.1 Å². The van der Waals surface area contributed by atoms with Gasteiger partial charge in [-0.15, -0.1) is 0 Å². The number of hydrogen-bond acceptors (Lipinski definition) is 6. The lowest BCUT2D eigenvalue weighted by Gasteiger charge is -2.29. The van der Waals surface area contributed by atoms with Gasteiger partial charge < -0.3 is 9.47 Å². The van der Waals surface area contributed by atoms with E-state index in [4.69, 9.17) is 14.5 Å². The van der Waals surface area contributed by atoms with Crippen molar-refractivity contribution in [1.82, 2.24) is 9.88 Å². The molecule has 28 heavy (non-hydrogen) atoms. The first-order valence-electron chi connectivity index (χ1n) is 9.36. The standard InChI is InChI=1S/C21H23N3O3S/c1-26-17-7-8-19-18(15-17)22-21(28-19)24(10-9-23-11-13-27-14-12-23)20(25)16-5-3-2-4-6-16/h2-8,15H,9-14H2,1H3. The van der Waals surface area contributed by atoms with E-state index in [1.807, 2.05) is 48.5 Å². The van der Waals surface area contributed by atoms with E-state index in [0.717, 1.165) is 48.8 Å². The molecule has 2 heterocycles. The molecule has 0 atom stereocenters. The van der Waals surface area contributed by atoms with Crippen LogP contribution in [-0.2, 0) is 4.74 Å². The quantitative estimate of drug-likeness (QED) is 0.639. The van der Waals surface area contributed by atoms with Gasteiger partial charge >= 0.3 is 0 Å². The van der Waals surface area contributed by atoms with E-state index in [0.29, 0.717) is 17.2 Å². The van der Waals surface area contributed by atoms with Gasteiger partial charge in [0.25, 0.3) is 5.91 Å². The normalized spacial score (nSPS) is 14.9. The highest BCUT2D eigenvalue weighted by molar-refractivity contribution is 7.22. The fourth-order valence-electron chi connectivity index (χ4n) is 3.22. The lowest BCUT2D eigenvalue weighted by atomic mass is 10.2. The minimum Gasteiger partial charge on any atom is -0.497 e. The Hall–Kier alpha value is -2.48. The molecule has 0 spiro atoms. The molecule has 7 heteroatoms. The van der Waals surface area contributed by atoms with Crippen molar-refractivity contribution in [2.75, 3.05) is 51.4 Å². The topological polar surface area (TPSA) is 54.9 Å². The van der Waals surface area contributed by atoms with E-state index in [1.54, 1.807) is 12.0 Å². The number of rotatable bonds is 6. The highest BCUT2D eigenvalue weighted by Gasteiger charge is 2.22. The number of methoxy groups -OCH3 is 1. The van der Waals surface area contributed by atoms with Crippen molar-refractivity contribution in [2.45, 2.75) is 0 Å². The van der Waals surface area contributed by atoms with Gasteiger partial charge in [0.1, 0.15) is 5.75 Å². The summed E-state index contributed by atoms with van der Waals surface area (Å²) in [6.07, 6.45) is 0. The van der Waals surface area contributed by atoms with E-state index in [1.165, 1.54) is 11.3 Å². The van der Waals surface area contributed by atoms with Gasteiger partial charge in [-0.05, 0) is 24.3 Å². The third kappa shape index (κ3) is 4.16. The summed E-state index contributed by atoms with van der Waals surface area (Å²) in [5, 5.41) is 0.713. The third-order valence-electron chi connectivity index (χ3n) is 4.82. The van der Waals surface area contributed by atoms with Crippen LogP contribution in [0.2, 0.25) is 0 Å². The maximum Gasteiger partial charge on any atom is 0.260 e. The number of ether oxygens (including phenoxy) is 2. The zero-order valence-electron chi connectivity index (χ0n) is 15.8. The summed E-state index contributed by atoms with van der Waals surface area (Å²) >= 11 is 1.53. The van der Waals surface area contributed by atoms with Crippen LogP contribution in [0.25, 0.3) is 10.2 Å². The number of amides is 1. The smallest absolute Gasteiger partial charge is 0.260 e. The number of carbonyl (C=O) groups excluding carboxylic acids is 1. The average Bonchev–Trinajstić information content (AvgIpc) is 3.18. The molecule has 1 aromatic heterocycles. The lowest BCUT2D eigenvalue weighted by molar-refractivity contribution is 0.0391. The number of carbonyl (C=O) groups is 1. The molecule has 0 N–H and O–H groups in total. The molecule has 0 unspecified atom stereocenters. The van der Waals surface area contributed by atoms with Gasteiger partial charge in [0.05, 0.1) is 30.5 Å². The SMILES string of the molecule is COc1ccc2sc(N(CCN3CCOCC3)C(=O)c3ccccc3)nc2c1. The van der Waals surface area contributed by atoms with Crippen molar-refractivity contribution < 1.29 is 14.3 Å². The Kier molecular flexibility index (Phi) is 5.85. The van der Waals surface area contributed by atoms with E-state index in [9.17, 15) is 4.79 Å². The van der Waals surface area contributed by atoms with Crippen LogP contribution in [0, 0.1) is 0 Å². The first kappa shape index (κ1) is 18.9. The van der Waals surface area contributed by atoms with Gasteiger partial charge in [0.15, 0.2) is 5.13 Å². The van der Waals surface area contributed by atoms with Crippen LogP contribution in [-0.4, -0.2) is 62.3 Å². The van der Waals surface area contributed by atoms with Crippen molar-refractivity contribution in [3.8, 4) is 5.75 Å². The first-order valence-corrected chi connectivity index (χ1v) is 10.2. The van der Waals surface area contributed by atoms with Crippen molar-refractivity contribution in [2.24, 2.45) is 0 Å². The van der Waals surface area contributed by atoms with Gasteiger partial charge in [-0.3, -0.25) is 14.6 Å². The second-order valence-corrected chi connectivity index (χ2v) is 7.62. The molecule has 0 aliphatic carbocycles. The minimum absolute atomic E-state index is 0.0279. The summed E-state index contributed by atoms with van der Waals surface area (Å²) < 4.78 is 11.8. The monoisotopic (exact) mass is 397 g/mol. The van der Waals surface area contributed by atoms with Crippen LogP contribution >= 0.6 is 11.3 Å². The summed E-state index contributed by atoms with van der Waals surface area (Å²) in [7, 11) is 1.64. The number of hydrogen-bond donors (Lipinski definition) is 0. The Bertz CT molecular complexity index is 938. The molecule has 1 fully saturated rings. The Morgan fingerprint density at radius 1 is 1.21 bits per heavy atom. The Morgan fingerprint density at radius 2 is 2.00 bits per heavy atom. The van der Waals surface area contributed by atoms with Crippen molar-refractivity contribution >= 4 is 32.6 Å². The average molecular weight is 398 g/mol. The summed E-state index contributed by atoms with van der Waals surface area (Å²) in [6.45, 7) is 4.65. The first-order chi connectivity index (χ1) is 13.7. The second-order valence-electron chi connectivity index (χ2n) is 6.61. The molecule has 1 amide bonds. The maximum absolute atomic E-state index is 13.2. The van der Waals surface area contributed by atoms with Gasteiger partial charge in [0.2, 0.25) is 0 Å². The molecule has 2 aromatic carbocycles. The van der Waals surface area contributed by atoms with Crippen LogP contribution < -0.4 is 9.64 Å². The number of benzene rings is 2. The molecule has 0 saturated carbocycles. The predicted molar refractivity (Wildman–Crippen MR) is 112 cm³/mol. The molecule has 0 radical (unpaired) electrons.